The van der Waals surface area contributed by atoms with Crippen LogP contribution in [0, 0.1) is 0 Å². The zero-order valence-electron chi connectivity index (χ0n) is 11.2. The lowest BCUT2D eigenvalue weighted by molar-refractivity contribution is 0.101. The third-order valence-corrected chi connectivity index (χ3v) is 3.45. The number of benzene rings is 1. The predicted molar refractivity (Wildman–Crippen MR) is 81.0 cm³/mol. The minimum Gasteiger partial charge on any atom is -0.495 e. The molecular formula is C13H15BrN4O2. The van der Waals surface area contributed by atoms with E-state index >= 15 is 0 Å². The summed E-state index contributed by atoms with van der Waals surface area (Å²) in [7, 11) is 1.57. The number of nitrogens with one attached hydrogen (secondary N) is 1. The first-order valence-corrected chi connectivity index (χ1v) is 6.82. The summed E-state index contributed by atoms with van der Waals surface area (Å²) >= 11 is 3.36. The van der Waals surface area contributed by atoms with Crippen molar-refractivity contribution in [1.29, 1.82) is 0 Å². The highest BCUT2D eigenvalue weighted by molar-refractivity contribution is 9.10. The Kier molecular flexibility index (Phi) is 4.29. The van der Waals surface area contributed by atoms with Gasteiger partial charge in [0.25, 0.3) is 5.91 Å². The summed E-state index contributed by atoms with van der Waals surface area (Å²) in [5.74, 6) is 0.339. The number of amides is 1. The minimum atomic E-state index is -0.300. The number of halogens is 1. The standard InChI is InChI=1S/C13H15BrN4O2/c1-3-18-12(10(15)7-16-18)13(19)17-8-4-5-9(14)11(6-8)20-2/h4-7H,3,15H2,1-2H3,(H,17,19). The monoisotopic (exact) mass is 338 g/mol. The van der Waals surface area contributed by atoms with E-state index in [2.05, 4.69) is 26.3 Å². The molecule has 0 saturated carbocycles. The number of aryl methyl sites for hydroxylation is 1. The van der Waals surface area contributed by atoms with Crippen molar-refractivity contribution in [3.05, 3.63) is 34.6 Å². The molecule has 7 heteroatoms. The van der Waals surface area contributed by atoms with Crippen LogP contribution in [-0.4, -0.2) is 22.8 Å². The van der Waals surface area contributed by atoms with Crippen LogP contribution in [0.25, 0.3) is 0 Å². The van der Waals surface area contributed by atoms with E-state index in [0.29, 0.717) is 29.4 Å². The Balaban J connectivity index is 2.25. The molecule has 0 spiro atoms. The Hall–Kier alpha value is -2.02. The number of anilines is 2. The van der Waals surface area contributed by atoms with Gasteiger partial charge in [0, 0.05) is 18.3 Å². The Bertz CT molecular complexity index is 639. The van der Waals surface area contributed by atoms with Crippen molar-refractivity contribution in [2.24, 2.45) is 0 Å². The zero-order valence-corrected chi connectivity index (χ0v) is 12.8. The second-order valence-corrected chi connectivity index (χ2v) is 4.92. The van der Waals surface area contributed by atoms with Gasteiger partial charge in [0.2, 0.25) is 0 Å². The predicted octanol–water partition coefficient (Wildman–Crippen LogP) is 2.51. The number of carbonyl (C=O) groups is 1. The molecule has 0 radical (unpaired) electrons. The second-order valence-electron chi connectivity index (χ2n) is 4.07. The Labute approximate surface area is 125 Å². The molecule has 20 heavy (non-hydrogen) atoms. The number of rotatable bonds is 4. The van der Waals surface area contributed by atoms with E-state index < -0.39 is 0 Å². The molecule has 106 valence electrons. The molecule has 0 aliphatic heterocycles. The van der Waals surface area contributed by atoms with Crippen LogP contribution >= 0.6 is 15.9 Å². The van der Waals surface area contributed by atoms with Gasteiger partial charge in [-0.15, -0.1) is 0 Å². The molecule has 0 atom stereocenters. The maximum Gasteiger partial charge on any atom is 0.276 e. The number of nitrogens with two attached hydrogens (primary N) is 1. The SMILES string of the molecule is CCn1ncc(N)c1C(=O)Nc1ccc(Br)c(OC)c1. The molecular weight excluding hydrogens is 324 g/mol. The van der Waals surface area contributed by atoms with E-state index in [4.69, 9.17) is 10.5 Å². The van der Waals surface area contributed by atoms with Crippen LogP contribution in [0.15, 0.2) is 28.9 Å². The molecule has 1 aromatic carbocycles. The first kappa shape index (κ1) is 14.4. The van der Waals surface area contributed by atoms with Crippen LogP contribution in [0.3, 0.4) is 0 Å². The molecule has 3 N–H and O–H groups in total. The number of hydrogen-bond donors (Lipinski definition) is 2. The average molecular weight is 339 g/mol. The Morgan fingerprint density at radius 3 is 2.95 bits per heavy atom. The van der Waals surface area contributed by atoms with Crippen LogP contribution in [0.2, 0.25) is 0 Å². The van der Waals surface area contributed by atoms with E-state index in [1.165, 1.54) is 6.20 Å². The van der Waals surface area contributed by atoms with E-state index in [1.807, 2.05) is 6.92 Å². The fourth-order valence-electron chi connectivity index (χ4n) is 1.82. The van der Waals surface area contributed by atoms with E-state index in [0.717, 1.165) is 4.47 Å². The summed E-state index contributed by atoms with van der Waals surface area (Å²) in [6.45, 7) is 2.47. The largest absolute Gasteiger partial charge is 0.495 e. The zero-order chi connectivity index (χ0) is 14.7. The number of nitrogens with zero attached hydrogens (tertiary/aromatic N) is 2. The third kappa shape index (κ3) is 2.77. The van der Waals surface area contributed by atoms with Crippen LogP contribution in [-0.2, 0) is 6.54 Å². The number of carbonyl (C=O) groups excluding carboxylic acids is 1. The minimum absolute atomic E-state index is 0.300. The highest BCUT2D eigenvalue weighted by atomic mass is 79.9. The van der Waals surface area contributed by atoms with Crippen molar-refractivity contribution in [2.75, 3.05) is 18.2 Å². The lowest BCUT2D eigenvalue weighted by atomic mass is 10.2. The molecule has 1 amide bonds. The summed E-state index contributed by atoms with van der Waals surface area (Å²) in [4.78, 5) is 12.3. The number of nitrogen functional groups attached to an aromatic ring is 1. The molecule has 0 bridgehead atoms. The van der Waals surface area contributed by atoms with Gasteiger partial charge in [-0.1, -0.05) is 0 Å². The average Bonchev–Trinajstić information content (AvgIpc) is 2.82. The first-order chi connectivity index (χ1) is 9.56. The highest BCUT2D eigenvalue weighted by Crippen LogP contribution is 2.28. The van der Waals surface area contributed by atoms with Crippen LogP contribution in [0.1, 0.15) is 17.4 Å². The summed E-state index contributed by atoms with van der Waals surface area (Å²) in [6, 6.07) is 5.30. The Morgan fingerprint density at radius 1 is 1.55 bits per heavy atom. The molecule has 0 fully saturated rings. The van der Waals surface area contributed by atoms with Crippen LogP contribution < -0.4 is 15.8 Å². The lowest BCUT2D eigenvalue weighted by Crippen LogP contribution is -2.18. The van der Waals surface area contributed by atoms with Gasteiger partial charge in [-0.2, -0.15) is 5.10 Å². The fraction of sp³-hybridized carbons (Fsp3) is 0.231. The number of hydrogen-bond acceptors (Lipinski definition) is 4. The molecule has 0 aliphatic carbocycles. The number of methoxy groups -OCH3 is 1. The molecule has 0 aliphatic rings. The first-order valence-electron chi connectivity index (χ1n) is 6.03. The van der Waals surface area contributed by atoms with Crippen molar-refractivity contribution < 1.29 is 9.53 Å². The van der Waals surface area contributed by atoms with Gasteiger partial charge < -0.3 is 15.8 Å². The second kappa shape index (κ2) is 5.96. The van der Waals surface area contributed by atoms with Gasteiger partial charge in [-0.3, -0.25) is 9.48 Å². The van der Waals surface area contributed by atoms with Gasteiger partial charge in [0.05, 0.1) is 23.5 Å². The topological polar surface area (TPSA) is 82.2 Å². The maximum absolute atomic E-state index is 12.3. The third-order valence-electron chi connectivity index (χ3n) is 2.79. The summed E-state index contributed by atoms with van der Waals surface area (Å²) in [5, 5.41) is 6.82. The van der Waals surface area contributed by atoms with Crippen LogP contribution in [0.5, 0.6) is 5.75 Å². The van der Waals surface area contributed by atoms with Crippen molar-refractivity contribution in [3.8, 4) is 5.75 Å². The van der Waals surface area contributed by atoms with Crippen molar-refractivity contribution >= 4 is 33.2 Å². The summed E-state index contributed by atoms with van der Waals surface area (Å²) in [6.07, 6.45) is 1.47. The summed E-state index contributed by atoms with van der Waals surface area (Å²) in [5.41, 5.74) is 7.11. The molecule has 0 unspecified atom stereocenters. The van der Waals surface area contributed by atoms with Gasteiger partial charge in [0.15, 0.2) is 0 Å². The molecule has 0 saturated heterocycles. The van der Waals surface area contributed by atoms with Gasteiger partial charge in [0.1, 0.15) is 11.4 Å². The smallest absolute Gasteiger partial charge is 0.276 e. The van der Waals surface area contributed by atoms with Gasteiger partial charge in [-0.25, -0.2) is 0 Å². The molecule has 1 heterocycles. The maximum atomic E-state index is 12.3. The fourth-order valence-corrected chi connectivity index (χ4v) is 2.22. The van der Waals surface area contributed by atoms with E-state index in [1.54, 1.807) is 30.0 Å². The van der Waals surface area contributed by atoms with E-state index in [-0.39, 0.29) is 5.91 Å². The van der Waals surface area contributed by atoms with Crippen molar-refractivity contribution in [1.82, 2.24) is 9.78 Å². The van der Waals surface area contributed by atoms with Crippen LogP contribution in [0.4, 0.5) is 11.4 Å². The number of aromatic nitrogens is 2. The molecule has 2 aromatic rings. The highest BCUT2D eigenvalue weighted by Gasteiger charge is 2.16. The van der Waals surface area contributed by atoms with E-state index in [9.17, 15) is 4.79 Å². The van der Waals surface area contributed by atoms with Crippen molar-refractivity contribution in [2.45, 2.75) is 13.5 Å². The Morgan fingerprint density at radius 2 is 2.30 bits per heavy atom. The van der Waals surface area contributed by atoms with Gasteiger partial charge in [-0.05, 0) is 35.0 Å². The molecule has 6 nitrogen and oxygen atoms in total. The lowest BCUT2D eigenvalue weighted by Gasteiger charge is -2.10. The van der Waals surface area contributed by atoms with Gasteiger partial charge >= 0.3 is 0 Å². The molecule has 1 aromatic heterocycles. The summed E-state index contributed by atoms with van der Waals surface area (Å²) < 4.78 is 7.56. The number of ether oxygens (including phenoxy) is 1. The molecule has 2 rings (SSSR count). The normalized spacial score (nSPS) is 10.3. The quantitative estimate of drug-likeness (QED) is 0.897. The van der Waals surface area contributed by atoms with Crippen molar-refractivity contribution in [3.63, 3.8) is 0 Å².